The third kappa shape index (κ3) is 4.01. The van der Waals surface area contributed by atoms with Crippen LogP contribution in [0.4, 0.5) is 10.5 Å². The predicted octanol–water partition coefficient (Wildman–Crippen LogP) is 4.46. The van der Waals surface area contributed by atoms with Gasteiger partial charge in [0.2, 0.25) is 0 Å². The number of hydrogen-bond donors (Lipinski definition) is 1. The molecule has 0 aliphatic heterocycles. The number of carbonyl (C=O) groups is 1. The van der Waals surface area contributed by atoms with Gasteiger partial charge in [0.15, 0.2) is 0 Å². The van der Waals surface area contributed by atoms with Crippen molar-refractivity contribution in [2.24, 2.45) is 0 Å². The summed E-state index contributed by atoms with van der Waals surface area (Å²) in [7, 11) is 1.76. The SMILES string of the molecule is CN(C(=O)NCC(C)(C)c1ccc(Cl)cc1)c1ccccc1. The predicted molar refractivity (Wildman–Crippen MR) is 92.7 cm³/mol. The van der Waals surface area contributed by atoms with E-state index < -0.39 is 0 Å². The topological polar surface area (TPSA) is 32.3 Å². The average molecular weight is 317 g/mol. The number of carbonyl (C=O) groups excluding carboxylic acids is 1. The molecule has 116 valence electrons. The molecule has 0 radical (unpaired) electrons. The third-order valence-electron chi connectivity index (χ3n) is 3.76. The molecule has 0 saturated heterocycles. The van der Waals surface area contributed by atoms with Crippen molar-refractivity contribution in [2.45, 2.75) is 19.3 Å². The Hall–Kier alpha value is -2.00. The van der Waals surface area contributed by atoms with Crippen molar-refractivity contribution in [1.82, 2.24) is 5.32 Å². The van der Waals surface area contributed by atoms with E-state index in [2.05, 4.69) is 19.2 Å². The molecule has 0 aliphatic rings. The van der Waals surface area contributed by atoms with Crippen LogP contribution in [0.2, 0.25) is 5.02 Å². The highest BCUT2D eigenvalue weighted by atomic mass is 35.5. The quantitative estimate of drug-likeness (QED) is 0.887. The van der Waals surface area contributed by atoms with Crippen LogP contribution in [0.15, 0.2) is 54.6 Å². The molecular weight excluding hydrogens is 296 g/mol. The molecule has 0 aromatic heterocycles. The van der Waals surface area contributed by atoms with Gasteiger partial charge in [0.05, 0.1) is 0 Å². The first-order valence-corrected chi connectivity index (χ1v) is 7.60. The number of nitrogens with zero attached hydrogens (tertiary/aromatic N) is 1. The average Bonchev–Trinajstić information content (AvgIpc) is 2.53. The molecule has 0 atom stereocenters. The van der Waals surface area contributed by atoms with Crippen LogP contribution in [0, 0.1) is 0 Å². The standard InChI is InChI=1S/C18H21ClN2O/c1-18(2,14-9-11-15(19)12-10-14)13-20-17(22)21(3)16-7-5-4-6-8-16/h4-12H,13H2,1-3H3,(H,20,22). The molecule has 2 rings (SSSR count). The van der Waals surface area contributed by atoms with E-state index >= 15 is 0 Å². The normalized spacial score (nSPS) is 11.1. The molecule has 0 saturated carbocycles. The highest BCUT2D eigenvalue weighted by Crippen LogP contribution is 2.24. The van der Waals surface area contributed by atoms with E-state index in [1.165, 1.54) is 0 Å². The Bertz CT molecular complexity index is 623. The molecule has 2 aromatic carbocycles. The molecule has 0 unspecified atom stereocenters. The van der Waals surface area contributed by atoms with E-state index in [1.54, 1.807) is 11.9 Å². The number of halogens is 1. The molecule has 0 fully saturated rings. The lowest BCUT2D eigenvalue weighted by Gasteiger charge is -2.27. The summed E-state index contributed by atoms with van der Waals surface area (Å²) in [4.78, 5) is 13.9. The van der Waals surface area contributed by atoms with E-state index in [4.69, 9.17) is 11.6 Å². The molecule has 2 aromatic rings. The largest absolute Gasteiger partial charge is 0.337 e. The van der Waals surface area contributed by atoms with E-state index in [0.29, 0.717) is 11.6 Å². The smallest absolute Gasteiger partial charge is 0.321 e. The number of nitrogens with one attached hydrogen (secondary N) is 1. The van der Waals surface area contributed by atoms with Gasteiger partial charge >= 0.3 is 6.03 Å². The first-order valence-electron chi connectivity index (χ1n) is 7.23. The number of urea groups is 1. The third-order valence-corrected chi connectivity index (χ3v) is 4.01. The Labute approximate surface area is 136 Å². The summed E-state index contributed by atoms with van der Waals surface area (Å²) < 4.78 is 0. The zero-order valence-electron chi connectivity index (χ0n) is 13.1. The fourth-order valence-electron chi connectivity index (χ4n) is 2.19. The Balaban J connectivity index is 1.99. The second kappa shape index (κ2) is 6.84. The minimum absolute atomic E-state index is 0.117. The van der Waals surface area contributed by atoms with Crippen LogP contribution in [0.3, 0.4) is 0 Å². The summed E-state index contributed by atoms with van der Waals surface area (Å²) in [6.07, 6.45) is 0. The highest BCUT2D eigenvalue weighted by Gasteiger charge is 2.22. The van der Waals surface area contributed by atoms with Crippen molar-refractivity contribution in [3.05, 3.63) is 65.2 Å². The Morgan fingerprint density at radius 1 is 1.09 bits per heavy atom. The Kier molecular flexibility index (Phi) is 5.09. The van der Waals surface area contributed by atoms with Crippen LogP contribution in [0.1, 0.15) is 19.4 Å². The van der Waals surface area contributed by atoms with Gasteiger partial charge in [0, 0.05) is 29.7 Å². The highest BCUT2D eigenvalue weighted by molar-refractivity contribution is 6.30. The van der Waals surface area contributed by atoms with Crippen LogP contribution in [0.5, 0.6) is 0 Å². The molecule has 1 N–H and O–H groups in total. The van der Waals surface area contributed by atoms with Gasteiger partial charge in [-0.25, -0.2) is 4.79 Å². The monoisotopic (exact) mass is 316 g/mol. The van der Waals surface area contributed by atoms with E-state index in [1.807, 2.05) is 54.6 Å². The van der Waals surface area contributed by atoms with Crippen molar-refractivity contribution in [3.63, 3.8) is 0 Å². The number of anilines is 1. The second-order valence-electron chi connectivity index (χ2n) is 5.94. The number of benzene rings is 2. The van der Waals surface area contributed by atoms with E-state index in [-0.39, 0.29) is 11.4 Å². The van der Waals surface area contributed by atoms with Gasteiger partial charge in [-0.05, 0) is 29.8 Å². The summed E-state index contributed by atoms with van der Waals surface area (Å²) >= 11 is 5.92. The lowest BCUT2D eigenvalue weighted by atomic mass is 9.85. The van der Waals surface area contributed by atoms with Gasteiger partial charge < -0.3 is 5.32 Å². The van der Waals surface area contributed by atoms with E-state index in [9.17, 15) is 4.79 Å². The first kappa shape index (κ1) is 16.4. The number of rotatable bonds is 4. The van der Waals surface area contributed by atoms with E-state index in [0.717, 1.165) is 11.3 Å². The maximum atomic E-state index is 12.3. The zero-order chi connectivity index (χ0) is 16.2. The molecule has 0 aliphatic carbocycles. The lowest BCUT2D eigenvalue weighted by Crippen LogP contribution is -2.43. The second-order valence-corrected chi connectivity index (χ2v) is 6.38. The summed E-state index contributed by atoms with van der Waals surface area (Å²) in [6, 6.07) is 17.2. The van der Waals surface area contributed by atoms with Crippen LogP contribution >= 0.6 is 11.6 Å². The number of amides is 2. The molecule has 2 amide bonds. The number of para-hydroxylation sites is 1. The van der Waals surface area contributed by atoms with Crippen molar-refractivity contribution >= 4 is 23.3 Å². The molecule has 0 bridgehead atoms. The van der Waals surface area contributed by atoms with Crippen LogP contribution in [0.25, 0.3) is 0 Å². The van der Waals surface area contributed by atoms with Crippen LogP contribution in [-0.2, 0) is 5.41 Å². The van der Waals surface area contributed by atoms with Gasteiger partial charge in [0.25, 0.3) is 0 Å². The van der Waals surface area contributed by atoms with Gasteiger partial charge in [-0.1, -0.05) is 55.8 Å². The van der Waals surface area contributed by atoms with Crippen molar-refractivity contribution < 1.29 is 4.79 Å². The minimum Gasteiger partial charge on any atom is -0.337 e. The zero-order valence-corrected chi connectivity index (χ0v) is 13.9. The Morgan fingerprint density at radius 3 is 2.27 bits per heavy atom. The summed E-state index contributed by atoms with van der Waals surface area (Å²) in [5, 5.41) is 3.70. The molecule has 0 spiro atoms. The summed E-state index contributed by atoms with van der Waals surface area (Å²) in [5.41, 5.74) is 1.83. The summed E-state index contributed by atoms with van der Waals surface area (Å²) in [6.45, 7) is 4.74. The maximum absolute atomic E-state index is 12.3. The van der Waals surface area contributed by atoms with Gasteiger partial charge in [0.1, 0.15) is 0 Å². The minimum atomic E-state index is -0.169. The maximum Gasteiger partial charge on any atom is 0.321 e. The molecule has 0 heterocycles. The Morgan fingerprint density at radius 2 is 1.68 bits per heavy atom. The lowest BCUT2D eigenvalue weighted by molar-refractivity contribution is 0.245. The summed E-state index contributed by atoms with van der Waals surface area (Å²) in [5.74, 6) is 0. The fraction of sp³-hybridized carbons (Fsp3) is 0.278. The van der Waals surface area contributed by atoms with Gasteiger partial charge in [-0.15, -0.1) is 0 Å². The van der Waals surface area contributed by atoms with Crippen molar-refractivity contribution in [1.29, 1.82) is 0 Å². The van der Waals surface area contributed by atoms with Crippen molar-refractivity contribution in [2.75, 3.05) is 18.5 Å². The van der Waals surface area contributed by atoms with Gasteiger partial charge in [-0.3, -0.25) is 4.90 Å². The van der Waals surface area contributed by atoms with Crippen LogP contribution in [-0.4, -0.2) is 19.6 Å². The molecule has 22 heavy (non-hydrogen) atoms. The van der Waals surface area contributed by atoms with Crippen LogP contribution < -0.4 is 10.2 Å². The number of hydrogen-bond acceptors (Lipinski definition) is 1. The van der Waals surface area contributed by atoms with Crippen molar-refractivity contribution in [3.8, 4) is 0 Å². The molecule has 3 nitrogen and oxygen atoms in total. The molecule has 4 heteroatoms. The van der Waals surface area contributed by atoms with Gasteiger partial charge in [-0.2, -0.15) is 0 Å². The first-order chi connectivity index (χ1) is 10.4. The fourth-order valence-corrected chi connectivity index (χ4v) is 2.31. The molecular formula is C18H21ClN2O.